The summed E-state index contributed by atoms with van der Waals surface area (Å²) in [6, 6.07) is 4.54. The summed E-state index contributed by atoms with van der Waals surface area (Å²) >= 11 is 4.49. The lowest BCUT2D eigenvalue weighted by molar-refractivity contribution is -0.137. The van der Waals surface area contributed by atoms with Crippen molar-refractivity contribution in [2.45, 2.75) is 25.1 Å². The lowest BCUT2D eigenvalue weighted by Crippen LogP contribution is -2.06. The molecule has 1 aromatic rings. The van der Waals surface area contributed by atoms with Crippen LogP contribution in [0.4, 0.5) is 13.2 Å². The van der Waals surface area contributed by atoms with E-state index in [-0.39, 0.29) is 0 Å². The van der Waals surface area contributed by atoms with E-state index in [1.54, 1.807) is 6.07 Å². The van der Waals surface area contributed by atoms with Crippen LogP contribution < -0.4 is 0 Å². The summed E-state index contributed by atoms with van der Waals surface area (Å²) in [6.45, 7) is 0. The van der Waals surface area contributed by atoms with Crippen molar-refractivity contribution >= 4 is 17.4 Å². The third kappa shape index (κ3) is 3.99. The molecule has 0 amide bonds. The number of halogens is 3. The van der Waals surface area contributed by atoms with E-state index in [0.717, 1.165) is 12.1 Å². The highest BCUT2D eigenvalue weighted by Crippen LogP contribution is 2.32. The first kappa shape index (κ1) is 14.4. The minimum absolute atomic E-state index is 0.418. The summed E-state index contributed by atoms with van der Waals surface area (Å²) in [6.07, 6.45) is 1.63. The fourth-order valence-corrected chi connectivity index (χ4v) is 1.64. The molecule has 0 saturated carbocycles. The van der Waals surface area contributed by atoms with Gasteiger partial charge in [-0.05, 0) is 36.3 Å². The van der Waals surface area contributed by atoms with Crippen LogP contribution in [-0.4, -0.2) is 5.16 Å². The van der Waals surface area contributed by atoms with E-state index >= 15 is 0 Å². The van der Waals surface area contributed by atoms with Gasteiger partial charge in [0.1, 0.15) is 0 Å². The summed E-state index contributed by atoms with van der Waals surface area (Å²) in [5.41, 5.74) is -0.261. The second-order valence-corrected chi connectivity index (χ2v) is 3.78. The summed E-state index contributed by atoms with van der Waals surface area (Å²) in [4.78, 5) is 3.86. The Balaban J connectivity index is 3.06. The van der Waals surface area contributed by atoms with Crippen molar-refractivity contribution in [3.63, 3.8) is 0 Å². The van der Waals surface area contributed by atoms with Crippen LogP contribution >= 0.6 is 12.2 Å². The minimum atomic E-state index is -4.37. The smallest absolute Gasteiger partial charge is 0.224 e. The highest BCUT2D eigenvalue weighted by molar-refractivity contribution is 7.78. The lowest BCUT2D eigenvalue weighted by atomic mass is 10.0. The van der Waals surface area contributed by atoms with Crippen molar-refractivity contribution < 1.29 is 13.2 Å². The van der Waals surface area contributed by atoms with E-state index in [2.05, 4.69) is 28.3 Å². The van der Waals surface area contributed by atoms with Gasteiger partial charge in [0.15, 0.2) is 0 Å². The molecule has 0 aliphatic rings. The molecule has 94 valence electrons. The number of isothiocyanates is 1. The first-order valence-electron chi connectivity index (χ1n) is 5.16. The van der Waals surface area contributed by atoms with Crippen LogP contribution in [0.3, 0.4) is 0 Å². The Morgan fingerprint density at radius 3 is 2.67 bits per heavy atom. The SMILES string of the molecule is C#CCCC(N=C=S)c1cccc(C(F)(F)F)c1. The molecule has 1 atom stereocenters. The zero-order valence-corrected chi connectivity index (χ0v) is 10.2. The Labute approximate surface area is 109 Å². The molecular formula is C13H10F3NS. The molecule has 0 saturated heterocycles. The van der Waals surface area contributed by atoms with Gasteiger partial charge in [-0.1, -0.05) is 12.1 Å². The van der Waals surface area contributed by atoms with Gasteiger partial charge in [-0.3, -0.25) is 0 Å². The zero-order valence-electron chi connectivity index (χ0n) is 9.37. The van der Waals surface area contributed by atoms with E-state index in [1.807, 2.05) is 0 Å². The second kappa shape index (κ2) is 6.34. The molecule has 0 bridgehead atoms. The highest BCUT2D eigenvalue weighted by atomic mass is 32.1. The average molecular weight is 269 g/mol. The van der Waals surface area contributed by atoms with Gasteiger partial charge in [0.25, 0.3) is 0 Å². The second-order valence-electron chi connectivity index (χ2n) is 3.60. The van der Waals surface area contributed by atoms with Crippen LogP contribution in [0.1, 0.15) is 30.0 Å². The number of benzene rings is 1. The third-order valence-electron chi connectivity index (χ3n) is 2.37. The number of rotatable bonds is 4. The molecule has 0 heterocycles. The molecule has 0 aliphatic carbocycles. The molecule has 18 heavy (non-hydrogen) atoms. The van der Waals surface area contributed by atoms with Crippen molar-refractivity contribution in [3.05, 3.63) is 35.4 Å². The third-order valence-corrected chi connectivity index (χ3v) is 2.47. The zero-order chi connectivity index (χ0) is 13.6. The van der Waals surface area contributed by atoms with Gasteiger partial charge >= 0.3 is 6.18 Å². The molecule has 0 aromatic heterocycles. The quantitative estimate of drug-likeness (QED) is 0.452. The first-order chi connectivity index (χ1) is 8.49. The Hall–Kier alpha value is -1.63. The molecule has 5 heteroatoms. The maximum atomic E-state index is 12.6. The van der Waals surface area contributed by atoms with Gasteiger partial charge in [0, 0.05) is 6.42 Å². The molecule has 1 aromatic carbocycles. The van der Waals surface area contributed by atoms with Crippen LogP contribution in [0.2, 0.25) is 0 Å². The van der Waals surface area contributed by atoms with Gasteiger partial charge < -0.3 is 0 Å². The maximum absolute atomic E-state index is 12.6. The topological polar surface area (TPSA) is 12.4 Å². The lowest BCUT2D eigenvalue weighted by Gasteiger charge is -2.13. The molecule has 1 rings (SSSR count). The summed E-state index contributed by atoms with van der Waals surface area (Å²) < 4.78 is 37.7. The largest absolute Gasteiger partial charge is 0.416 e. The predicted octanol–water partition coefficient (Wildman–Crippen LogP) is 4.26. The standard InChI is InChI=1S/C13H10F3NS/c1-2-3-7-12(17-9-18)10-5-4-6-11(8-10)13(14,15)16/h1,4-6,8,12H,3,7H2. The molecule has 0 aliphatic heterocycles. The molecule has 0 N–H and O–H groups in total. The Morgan fingerprint density at radius 1 is 1.39 bits per heavy atom. The number of terminal acetylenes is 1. The van der Waals surface area contributed by atoms with Crippen molar-refractivity contribution in [1.82, 2.24) is 0 Å². The fourth-order valence-electron chi connectivity index (χ4n) is 1.51. The van der Waals surface area contributed by atoms with Gasteiger partial charge in [0.2, 0.25) is 0 Å². The highest BCUT2D eigenvalue weighted by Gasteiger charge is 2.30. The van der Waals surface area contributed by atoms with Crippen molar-refractivity contribution in [2.24, 2.45) is 4.99 Å². The minimum Gasteiger partial charge on any atom is -0.224 e. The normalized spacial score (nSPS) is 12.3. The van der Waals surface area contributed by atoms with E-state index < -0.39 is 17.8 Å². The Bertz CT molecular complexity index is 496. The van der Waals surface area contributed by atoms with Crippen LogP contribution in [0.25, 0.3) is 0 Å². The van der Waals surface area contributed by atoms with E-state index in [1.165, 1.54) is 6.07 Å². The van der Waals surface area contributed by atoms with Crippen molar-refractivity contribution in [3.8, 4) is 12.3 Å². The number of aliphatic imine (C=N–C) groups is 1. The molecule has 1 nitrogen and oxygen atoms in total. The Morgan fingerprint density at radius 2 is 2.11 bits per heavy atom. The number of thiocarbonyl (C=S) groups is 1. The van der Waals surface area contributed by atoms with Gasteiger partial charge in [0.05, 0.1) is 16.8 Å². The van der Waals surface area contributed by atoms with Crippen LogP contribution in [0.5, 0.6) is 0 Å². The van der Waals surface area contributed by atoms with Gasteiger partial charge in [-0.15, -0.1) is 12.3 Å². The van der Waals surface area contributed by atoms with E-state index in [0.29, 0.717) is 18.4 Å². The van der Waals surface area contributed by atoms with Crippen molar-refractivity contribution in [1.29, 1.82) is 0 Å². The monoisotopic (exact) mass is 269 g/mol. The molecule has 1 unspecified atom stereocenters. The number of alkyl halides is 3. The predicted molar refractivity (Wildman–Crippen MR) is 67.3 cm³/mol. The summed E-state index contributed by atoms with van der Waals surface area (Å²) in [5, 5.41) is 2.19. The first-order valence-corrected chi connectivity index (χ1v) is 5.57. The Kier molecular flexibility index (Phi) is 5.08. The molecule has 0 spiro atoms. The van der Waals surface area contributed by atoms with Gasteiger partial charge in [-0.2, -0.15) is 13.2 Å². The number of hydrogen-bond acceptors (Lipinski definition) is 2. The van der Waals surface area contributed by atoms with Crippen LogP contribution in [0.15, 0.2) is 29.3 Å². The average Bonchev–Trinajstić information content (AvgIpc) is 2.33. The number of hydrogen-bond donors (Lipinski definition) is 0. The van der Waals surface area contributed by atoms with Gasteiger partial charge in [-0.25, -0.2) is 4.99 Å². The van der Waals surface area contributed by atoms with E-state index in [9.17, 15) is 13.2 Å². The number of nitrogens with zero attached hydrogens (tertiary/aromatic N) is 1. The van der Waals surface area contributed by atoms with Crippen LogP contribution in [0, 0.1) is 12.3 Å². The van der Waals surface area contributed by atoms with Crippen LogP contribution in [-0.2, 0) is 6.18 Å². The maximum Gasteiger partial charge on any atom is 0.416 e. The summed E-state index contributed by atoms with van der Waals surface area (Å²) in [7, 11) is 0. The van der Waals surface area contributed by atoms with Crippen molar-refractivity contribution in [2.75, 3.05) is 0 Å². The summed E-state index contributed by atoms with van der Waals surface area (Å²) in [5.74, 6) is 2.43. The fraction of sp³-hybridized carbons (Fsp3) is 0.308. The molecule has 0 radical (unpaired) electrons. The van der Waals surface area contributed by atoms with E-state index in [4.69, 9.17) is 6.42 Å². The molecular weight excluding hydrogens is 259 g/mol. The molecule has 0 fully saturated rings.